The van der Waals surface area contributed by atoms with E-state index in [1.54, 1.807) is 18.2 Å². The lowest BCUT2D eigenvalue weighted by atomic mass is 10.2. The lowest BCUT2D eigenvalue weighted by Gasteiger charge is -2.11. The first-order valence-electron chi connectivity index (χ1n) is 6.22. The highest BCUT2D eigenvalue weighted by atomic mass is 35.5. The van der Waals surface area contributed by atoms with Gasteiger partial charge >= 0.3 is 11.8 Å². The van der Waals surface area contributed by atoms with Gasteiger partial charge in [0.05, 0.1) is 21.8 Å². The van der Waals surface area contributed by atoms with Crippen molar-refractivity contribution in [3.8, 4) is 0 Å². The summed E-state index contributed by atoms with van der Waals surface area (Å²) in [5, 5.41) is 5.46. The summed E-state index contributed by atoms with van der Waals surface area (Å²) in [6.45, 7) is 1.03. The number of benzene rings is 1. The first-order chi connectivity index (χ1) is 9.58. The van der Waals surface area contributed by atoms with Crippen LogP contribution in [0.4, 0.5) is 5.69 Å². The van der Waals surface area contributed by atoms with Crippen molar-refractivity contribution in [3.05, 3.63) is 28.2 Å². The van der Waals surface area contributed by atoms with Crippen LogP contribution in [0.3, 0.4) is 0 Å². The standard InChI is InChI=1S/C13H14Cl2N2O3/c14-9-4-1-5-10(11(9)15)17-13(19)12(18)16-7-8-3-2-6-20-8/h1,4-5,8H,2-3,6-7H2,(H,16,18)(H,17,19)/t8-/m1/s1. The quantitative estimate of drug-likeness (QED) is 0.840. The van der Waals surface area contributed by atoms with Crippen LogP contribution in [-0.4, -0.2) is 31.1 Å². The van der Waals surface area contributed by atoms with Gasteiger partial charge in [0.2, 0.25) is 0 Å². The normalized spacial score (nSPS) is 17.8. The fourth-order valence-electron chi connectivity index (χ4n) is 1.87. The van der Waals surface area contributed by atoms with E-state index < -0.39 is 11.8 Å². The molecule has 1 aliphatic heterocycles. The molecule has 5 nitrogen and oxygen atoms in total. The zero-order valence-corrected chi connectivity index (χ0v) is 12.1. The van der Waals surface area contributed by atoms with Crippen LogP contribution in [-0.2, 0) is 14.3 Å². The molecule has 0 saturated carbocycles. The summed E-state index contributed by atoms with van der Waals surface area (Å²) < 4.78 is 5.35. The van der Waals surface area contributed by atoms with Crippen molar-refractivity contribution in [1.82, 2.24) is 5.32 Å². The minimum Gasteiger partial charge on any atom is -0.376 e. The SMILES string of the molecule is O=C(NC[C@H]1CCCO1)C(=O)Nc1cccc(Cl)c1Cl. The summed E-state index contributed by atoms with van der Waals surface area (Å²) >= 11 is 11.7. The zero-order chi connectivity index (χ0) is 14.5. The molecule has 1 aliphatic rings. The fraction of sp³-hybridized carbons (Fsp3) is 0.385. The van der Waals surface area contributed by atoms with E-state index in [9.17, 15) is 9.59 Å². The number of rotatable bonds is 3. The van der Waals surface area contributed by atoms with E-state index >= 15 is 0 Å². The summed E-state index contributed by atoms with van der Waals surface area (Å²) in [6.07, 6.45) is 1.86. The number of carbonyl (C=O) groups is 2. The first kappa shape index (κ1) is 15.1. The highest BCUT2D eigenvalue weighted by Gasteiger charge is 2.20. The molecule has 1 aromatic rings. The number of anilines is 1. The number of amides is 2. The molecule has 0 unspecified atom stereocenters. The summed E-state index contributed by atoms with van der Waals surface area (Å²) in [7, 11) is 0. The van der Waals surface area contributed by atoms with E-state index in [4.69, 9.17) is 27.9 Å². The molecule has 0 aliphatic carbocycles. The summed E-state index contributed by atoms with van der Waals surface area (Å²) in [4.78, 5) is 23.4. The van der Waals surface area contributed by atoms with Gasteiger partial charge in [0.1, 0.15) is 0 Å². The second-order valence-corrected chi connectivity index (χ2v) is 5.19. The Balaban J connectivity index is 1.87. The third kappa shape index (κ3) is 3.85. The van der Waals surface area contributed by atoms with Crippen LogP contribution >= 0.6 is 23.2 Å². The van der Waals surface area contributed by atoms with Gasteiger partial charge in [-0.1, -0.05) is 29.3 Å². The minimum atomic E-state index is -0.785. The van der Waals surface area contributed by atoms with Crippen LogP contribution in [0.2, 0.25) is 10.0 Å². The Morgan fingerprint density at radius 2 is 2.10 bits per heavy atom. The maximum Gasteiger partial charge on any atom is 0.313 e. The number of nitrogens with one attached hydrogen (secondary N) is 2. The molecule has 0 bridgehead atoms. The number of hydrogen-bond acceptors (Lipinski definition) is 3. The maximum absolute atomic E-state index is 11.7. The Morgan fingerprint density at radius 3 is 2.80 bits per heavy atom. The van der Waals surface area contributed by atoms with E-state index in [2.05, 4.69) is 10.6 Å². The van der Waals surface area contributed by atoms with Gasteiger partial charge in [-0.25, -0.2) is 0 Å². The predicted molar refractivity (Wildman–Crippen MR) is 77.1 cm³/mol. The van der Waals surface area contributed by atoms with Gasteiger partial charge < -0.3 is 15.4 Å². The molecule has 2 amide bonds. The van der Waals surface area contributed by atoms with Gasteiger partial charge in [0, 0.05) is 13.2 Å². The van der Waals surface area contributed by atoms with E-state index in [0.29, 0.717) is 23.9 Å². The smallest absolute Gasteiger partial charge is 0.313 e. The molecule has 1 saturated heterocycles. The van der Waals surface area contributed by atoms with Gasteiger partial charge in [-0.15, -0.1) is 0 Å². The largest absolute Gasteiger partial charge is 0.376 e. The van der Waals surface area contributed by atoms with Crippen molar-refractivity contribution < 1.29 is 14.3 Å². The molecule has 0 aromatic heterocycles. The van der Waals surface area contributed by atoms with Gasteiger partial charge in [-0.2, -0.15) is 0 Å². The molecule has 2 N–H and O–H groups in total. The Morgan fingerprint density at radius 1 is 1.30 bits per heavy atom. The zero-order valence-electron chi connectivity index (χ0n) is 10.6. The molecule has 0 radical (unpaired) electrons. The van der Waals surface area contributed by atoms with Gasteiger partial charge in [-0.3, -0.25) is 9.59 Å². The second kappa shape index (κ2) is 6.92. The Hall–Kier alpha value is -1.30. The maximum atomic E-state index is 11.7. The predicted octanol–water partition coefficient (Wildman–Crippen LogP) is 2.23. The van der Waals surface area contributed by atoms with Crippen LogP contribution in [0.25, 0.3) is 0 Å². The average molecular weight is 317 g/mol. The number of halogens is 2. The van der Waals surface area contributed by atoms with E-state index in [1.807, 2.05) is 0 Å². The Bertz CT molecular complexity index is 516. The Labute approximate surface area is 126 Å². The molecular weight excluding hydrogens is 303 g/mol. The van der Waals surface area contributed by atoms with Crippen LogP contribution < -0.4 is 10.6 Å². The van der Waals surface area contributed by atoms with Crippen molar-refractivity contribution in [1.29, 1.82) is 0 Å². The molecule has 7 heteroatoms. The summed E-state index contributed by atoms with van der Waals surface area (Å²) in [5.74, 6) is -1.51. The molecule has 0 spiro atoms. The molecule has 2 rings (SSSR count). The lowest BCUT2D eigenvalue weighted by molar-refractivity contribution is -0.136. The van der Waals surface area contributed by atoms with Crippen LogP contribution in [0.15, 0.2) is 18.2 Å². The lowest BCUT2D eigenvalue weighted by Crippen LogP contribution is -2.39. The molecule has 108 valence electrons. The third-order valence-electron chi connectivity index (χ3n) is 2.92. The van der Waals surface area contributed by atoms with Crippen molar-refractivity contribution in [2.75, 3.05) is 18.5 Å². The molecule has 1 aromatic carbocycles. The van der Waals surface area contributed by atoms with Crippen molar-refractivity contribution in [2.45, 2.75) is 18.9 Å². The van der Waals surface area contributed by atoms with Crippen LogP contribution in [0, 0.1) is 0 Å². The number of carbonyl (C=O) groups excluding carboxylic acids is 2. The van der Waals surface area contributed by atoms with Crippen molar-refractivity contribution in [2.24, 2.45) is 0 Å². The third-order valence-corrected chi connectivity index (χ3v) is 3.74. The molecule has 1 fully saturated rings. The number of ether oxygens (including phenoxy) is 1. The van der Waals surface area contributed by atoms with E-state index in [-0.39, 0.29) is 11.1 Å². The fourth-order valence-corrected chi connectivity index (χ4v) is 2.22. The monoisotopic (exact) mass is 316 g/mol. The summed E-state index contributed by atoms with van der Waals surface area (Å²) in [5.41, 5.74) is 0.302. The minimum absolute atomic E-state index is 0.0125. The van der Waals surface area contributed by atoms with Gasteiger partial charge in [0.15, 0.2) is 0 Å². The van der Waals surface area contributed by atoms with Gasteiger partial charge in [0.25, 0.3) is 0 Å². The van der Waals surface area contributed by atoms with E-state index in [0.717, 1.165) is 12.8 Å². The topological polar surface area (TPSA) is 67.4 Å². The first-order valence-corrected chi connectivity index (χ1v) is 6.98. The summed E-state index contributed by atoms with van der Waals surface area (Å²) in [6, 6.07) is 4.80. The van der Waals surface area contributed by atoms with Crippen molar-refractivity contribution in [3.63, 3.8) is 0 Å². The highest BCUT2D eigenvalue weighted by Crippen LogP contribution is 2.29. The van der Waals surface area contributed by atoms with Crippen molar-refractivity contribution >= 4 is 40.7 Å². The number of hydrogen-bond donors (Lipinski definition) is 2. The second-order valence-electron chi connectivity index (χ2n) is 4.40. The average Bonchev–Trinajstić information content (AvgIpc) is 2.94. The Kier molecular flexibility index (Phi) is 5.23. The van der Waals surface area contributed by atoms with Crippen LogP contribution in [0.5, 0.6) is 0 Å². The van der Waals surface area contributed by atoms with Gasteiger partial charge in [-0.05, 0) is 25.0 Å². The molecular formula is C13H14Cl2N2O3. The molecule has 1 atom stereocenters. The molecule has 1 heterocycles. The molecule has 20 heavy (non-hydrogen) atoms. The highest BCUT2D eigenvalue weighted by molar-refractivity contribution is 6.45. The van der Waals surface area contributed by atoms with Crippen LogP contribution in [0.1, 0.15) is 12.8 Å². The van der Waals surface area contributed by atoms with E-state index in [1.165, 1.54) is 0 Å².